The molecule has 0 unspecified atom stereocenters. The lowest BCUT2D eigenvalue weighted by atomic mass is 10.0. The molecule has 1 aliphatic heterocycles. The van der Waals surface area contributed by atoms with E-state index in [0.717, 1.165) is 6.20 Å². The Hall–Kier alpha value is -2.07. The van der Waals surface area contributed by atoms with Crippen LogP contribution in [0.2, 0.25) is 0 Å². The van der Waals surface area contributed by atoms with Gasteiger partial charge >= 0.3 is 12.3 Å². The molecule has 1 aromatic heterocycles. The molecule has 1 saturated heterocycles. The van der Waals surface area contributed by atoms with Gasteiger partial charge in [0.05, 0.1) is 0 Å². The molecule has 1 aliphatic rings. The largest absolute Gasteiger partial charge is 0.465 e. The molecule has 0 aromatic carbocycles. The Labute approximate surface area is 124 Å². The van der Waals surface area contributed by atoms with Gasteiger partial charge in [0.25, 0.3) is 0 Å². The van der Waals surface area contributed by atoms with Crippen LogP contribution >= 0.6 is 0 Å². The molecule has 5 N–H and O–H groups in total. The first-order valence-corrected chi connectivity index (χ1v) is 6.56. The fraction of sp³-hybridized carbons (Fsp3) is 0.500. The number of hydrogen-bond acceptors (Lipinski definition) is 5. The highest BCUT2D eigenvalue weighted by Gasteiger charge is 2.49. The topological polar surface area (TPSA) is 104 Å². The zero-order chi connectivity index (χ0) is 16.3. The van der Waals surface area contributed by atoms with E-state index in [1.54, 1.807) is 0 Å². The van der Waals surface area contributed by atoms with Crippen molar-refractivity contribution in [3.05, 3.63) is 23.9 Å². The number of anilines is 1. The van der Waals surface area contributed by atoms with Crippen molar-refractivity contribution in [2.45, 2.75) is 24.7 Å². The molecular formula is C12H16F3N5O2. The molecule has 1 aromatic rings. The Morgan fingerprint density at radius 3 is 2.68 bits per heavy atom. The van der Waals surface area contributed by atoms with Crippen LogP contribution < -0.4 is 16.6 Å². The number of nitrogens with two attached hydrogens (primary N) is 1. The van der Waals surface area contributed by atoms with Gasteiger partial charge in [-0.2, -0.15) is 13.2 Å². The Morgan fingerprint density at radius 1 is 1.55 bits per heavy atom. The molecule has 1 amide bonds. The highest BCUT2D eigenvalue weighted by Crippen LogP contribution is 2.39. The first-order valence-electron chi connectivity index (χ1n) is 6.56. The molecule has 7 nitrogen and oxygen atoms in total. The second kappa shape index (κ2) is 6.36. The predicted octanol–water partition coefficient (Wildman–Crippen LogP) is 1.31. The monoisotopic (exact) mass is 319 g/mol. The smallest absolute Gasteiger partial charge is 0.413 e. The van der Waals surface area contributed by atoms with Crippen LogP contribution in [-0.2, 0) is 0 Å². The predicted molar refractivity (Wildman–Crippen MR) is 72.0 cm³/mol. The van der Waals surface area contributed by atoms with Crippen LogP contribution in [0.4, 0.5) is 23.8 Å². The second-order valence-corrected chi connectivity index (χ2v) is 4.90. The number of hydrazine groups is 1. The Morgan fingerprint density at radius 2 is 2.27 bits per heavy atom. The Balaban J connectivity index is 2.40. The third-order valence-electron chi connectivity index (χ3n) is 3.49. The first kappa shape index (κ1) is 16.3. The molecule has 0 bridgehead atoms. The zero-order valence-electron chi connectivity index (χ0n) is 11.5. The number of amides is 1. The summed E-state index contributed by atoms with van der Waals surface area (Å²) in [5, 5.41) is 12.1. The number of pyridine rings is 1. The van der Waals surface area contributed by atoms with Crippen LogP contribution in [0.1, 0.15) is 18.0 Å². The molecule has 0 radical (unpaired) electrons. The van der Waals surface area contributed by atoms with E-state index in [0.29, 0.717) is 17.9 Å². The third kappa shape index (κ3) is 3.39. The standard InChI is InChI=1S/C12H16F3N5O2/c13-12(14,15)10(7-1-2-9(19-16)18-5-7)20(11(21)22)8-3-4-17-6-8/h1-2,5,8,10,17H,3-4,6,16H2,(H,18,19)(H,21,22)/t8-,10-/m1/s1. The van der Waals surface area contributed by atoms with Gasteiger partial charge in [-0.1, -0.05) is 6.07 Å². The van der Waals surface area contributed by atoms with Crippen molar-refractivity contribution in [1.82, 2.24) is 15.2 Å². The van der Waals surface area contributed by atoms with Gasteiger partial charge < -0.3 is 15.8 Å². The van der Waals surface area contributed by atoms with Crippen molar-refractivity contribution in [2.24, 2.45) is 5.84 Å². The minimum atomic E-state index is -4.75. The number of carbonyl (C=O) groups is 1. The van der Waals surface area contributed by atoms with E-state index in [4.69, 9.17) is 5.84 Å². The van der Waals surface area contributed by atoms with Crippen molar-refractivity contribution in [1.29, 1.82) is 0 Å². The molecule has 2 rings (SSSR count). The maximum Gasteiger partial charge on any atom is 0.413 e. The van der Waals surface area contributed by atoms with E-state index in [1.807, 2.05) is 0 Å². The van der Waals surface area contributed by atoms with E-state index in [-0.39, 0.29) is 17.9 Å². The van der Waals surface area contributed by atoms with Crippen LogP contribution in [0.25, 0.3) is 0 Å². The highest BCUT2D eigenvalue weighted by molar-refractivity contribution is 5.66. The van der Waals surface area contributed by atoms with Gasteiger partial charge in [0.2, 0.25) is 0 Å². The number of nitrogens with one attached hydrogen (secondary N) is 2. The van der Waals surface area contributed by atoms with Crippen LogP contribution in [0, 0.1) is 0 Å². The molecule has 2 heterocycles. The lowest BCUT2D eigenvalue weighted by Gasteiger charge is -2.35. The van der Waals surface area contributed by atoms with E-state index in [9.17, 15) is 23.1 Å². The third-order valence-corrected chi connectivity index (χ3v) is 3.49. The van der Waals surface area contributed by atoms with Gasteiger partial charge in [-0.3, -0.25) is 4.90 Å². The number of nitrogen functional groups attached to an aromatic ring is 1. The minimum Gasteiger partial charge on any atom is -0.465 e. The van der Waals surface area contributed by atoms with Crippen LogP contribution in [0.5, 0.6) is 0 Å². The SMILES string of the molecule is NNc1ccc([C@@H](N(C(=O)O)[C@@H]2CCNC2)C(F)(F)F)cn1. The average molecular weight is 319 g/mol. The highest BCUT2D eigenvalue weighted by atomic mass is 19.4. The van der Waals surface area contributed by atoms with E-state index < -0.39 is 24.4 Å². The molecule has 0 spiro atoms. The number of nitrogens with zero attached hydrogens (tertiary/aromatic N) is 2. The quantitative estimate of drug-likeness (QED) is 0.493. The number of carboxylic acid groups (broad SMARTS) is 1. The van der Waals surface area contributed by atoms with Crippen molar-refractivity contribution >= 4 is 11.9 Å². The number of rotatable bonds is 4. The molecule has 0 saturated carbocycles. The minimum absolute atomic E-state index is 0.189. The molecule has 10 heteroatoms. The number of hydrogen-bond donors (Lipinski definition) is 4. The molecule has 122 valence electrons. The maximum atomic E-state index is 13.5. The van der Waals surface area contributed by atoms with Gasteiger partial charge in [0.1, 0.15) is 5.82 Å². The average Bonchev–Trinajstić information content (AvgIpc) is 2.97. The van der Waals surface area contributed by atoms with Gasteiger partial charge in [0.15, 0.2) is 6.04 Å². The summed E-state index contributed by atoms with van der Waals surface area (Å²) in [5.74, 6) is 5.31. The summed E-state index contributed by atoms with van der Waals surface area (Å²) >= 11 is 0. The summed E-state index contributed by atoms with van der Waals surface area (Å²) in [6, 6.07) is -0.578. The van der Waals surface area contributed by atoms with Crippen LogP contribution in [0.15, 0.2) is 18.3 Å². The molecule has 1 fully saturated rings. The van der Waals surface area contributed by atoms with Crippen molar-refractivity contribution in [3.8, 4) is 0 Å². The Kier molecular flexibility index (Phi) is 4.71. The van der Waals surface area contributed by atoms with Gasteiger partial charge in [-0.25, -0.2) is 15.6 Å². The van der Waals surface area contributed by atoms with E-state index >= 15 is 0 Å². The van der Waals surface area contributed by atoms with Crippen molar-refractivity contribution in [2.75, 3.05) is 18.5 Å². The van der Waals surface area contributed by atoms with Crippen LogP contribution in [0.3, 0.4) is 0 Å². The van der Waals surface area contributed by atoms with Crippen LogP contribution in [-0.4, -0.2) is 46.4 Å². The summed E-state index contributed by atoms with van der Waals surface area (Å²) in [7, 11) is 0. The fourth-order valence-corrected chi connectivity index (χ4v) is 2.51. The summed E-state index contributed by atoms with van der Waals surface area (Å²) in [4.78, 5) is 15.6. The van der Waals surface area contributed by atoms with Gasteiger partial charge in [-0.05, 0) is 19.0 Å². The number of halogens is 3. The summed E-state index contributed by atoms with van der Waals surface area (Å²) in [6.45, 7) is 0.669. The van der Waals surface area contributed by atoms with E-state index in [1.165, 1.54) is 12.1 Å². The van der Waals surface area contributed by atoms with E-state index in [2.05, 4.69) is 15.7 Å². The molecular weight excluding hydrogens is 303 g/mol. The molecule has 22 heavy (non-hydrogen) atoms. The number of aromatic nitrogens is 1. The zero-order valence-corrected chi connectivity index (χ0v) is 11.5. The lowest BCUT2D eigenvalue weighted by Crippen LogP contribution is -2.48. The normalized spacial score (nSPS) is 19.7. The van der Waals surface area contributed by atoms with Gasteiger partial charge in [0, 0.05) is 24.3 Å². The summed E-state index contributed by atoms with van der Waals surface area (Å²) in [5.41, 5.74) is 1.96. The van der Waals surface area contributed by atoms with Gasteiger partial charge in [-0.15, -0.1) is 0 Å². The molecule has 2 atom stereocenters. The summed E-state index contributed by atoms with van der Waals surface area (Å²) < 4.78 is 40.4. The van der Waals surface area contributed by atoms with Crippen molar-refractivity contribution in [3.63, 3.8) is 0 Å². The number of alkyl halides is 3. The van der Waals surface area contributed by atoms with Crippen molar-refractivity contribution < 1.29 is 23.1 Å². The summed E-state index contributed by atoms with van der Waals surface area (Å²) in [6.07, 6.45) is -5.06. The first-order chi connectivity index (χ1) is 10.3. The molecule has 0 aliphatic carbocycles. The maximum absolute atomic E-state index is 13.5. The Bertz CT molecular complexity index is 516. The lowest BCUT2D eigenvalue weighted by molar-refractivity contribution is -0.185. The second-order valence-electron chi connectivity index (χ2n) is 4.90. The fourth-order valence-electron chi connectivity index (χ4n) is 2.51.